The zero-order valence-corrected chi connectivity index (χ0v) is 28.9. The monoisotopic (exact) mass is 728 g/mol. The first-order valence-corrected chi connectivity index (χ1v) is 16.8. The molecule has 0 fully saturated rings. The third-order valence-corrected chi connectivity index (χ3v) is 9.01. The molecular weight excluding hydrogens is 699 g/mol. The van der Waals surface area contributed by atoms with Gasteiger partial charge in [0.2, 0.25) is 0 Å². The molecule has 258 valence electrons. The summed E-state index contributed by atoms with van der Waals surface area (Å²) in [6.07, 6.45) is 1.03. The molecule has 0 bridgehead atoms. The Morgan fingerprint density at radius 3 is 1.17 bits per heavy atom. The van der Waals surface area contributed by atoms with E-state index in [1.807, 2.05) is 60.7 Å². The van der Waals surface area contributed by atoms with Crippen LogP contribution in [0.5, 0.6) is 0 Å². The third kappa shape index (κ3) is 8.38. The fourth-order valence-corrected chi connectivity index (χ4v) is 6.24. The molecule has 8 nitrogen and oxygen atoms in total. The van der Waals surface area contributed by atoms with Gasteiger partial charge in [-0.2, -0.15) is 0 Å². The van der Waals surface area contributed by atoms with E-state index >= 15 is 0 Å². The van der Waals surface area contributed by atoms with E-state index in [-0.39, 0.29) is 43.7 Å². The van der Waals surface area contributed by atoms with Crippen LogP contribution < -0.4 is 10.6 Å². The van der Waals surface area contributed by atoms with Crippen molar-refractivity contribution in [1.82, 2.24) is 0 Å². The number of amides is 2. The van der Waals surface area contributed by atoms with Gasteiger partial charge >= 0.3 is 11.9 Å². The van der Waals surface area contributed by atoms with E-state index in [4.69, 9.17) is 23.2 Å². The minimum absolute atomic E-state index is 0.00697. The number of carboxylic acids is 2. The molecule has 4 N–H and O–H groups in total. The van der Waals surface area contributed by atoms with Crippen molar-refractivity contribution in [2.75, 3.05) is 10.6 Å². The van der Waals surface area contributed by atoms with Crippen molar-refractivity contribution >= 4 is 58.3 Å². The second-order valence-electron chi connectivity index (χ2n) is 12.0. The zero-order valence-electron chi connectivity index (χ0n) is 27.4. The van der Waals surface area contributed by atoms with Crippen LogP contribution in [0.3, 0.4) is 0 Å². The van der Waals surface area contributed by atoms with Gasteiger partial charge in [0.1, 0.15) is 0 Å². The highest BCUT2D eigenvalue weighted by molar-refractivity contribution is 6.35. The second kappa shape index (κ2) is 15.8. The van der Waals surface area contributed by atoms with Gasteiger partial charge in [-0.15, -0.1) is 0 Å². The molecule has 0 unspecified atom stereocenters. The molecule has 52 heavy (non-hydrogen) atoms. The molecule has 0 aliphatic heterocycles. The molecule has 6 aromatic carbocycles. The summed E-state index contributed by atoms with van der Waals surface area (Å²) >= 11 is 13.1. The molecule has 0 radical (unpaired) electrons. The van der Waals surface area contributed by atoms with Gasteiger partial charge in [0.25, 0.3) is 11.8 Å². The number of nitrogens with one attached hydrogen (secondary N) is 2. The highest BCUT2D eigenvalue weighted by atomic mass is 35.5. The van der Waals surface area contributed by atoms with Crippen LogP contribution in [0.1, 0.15) is 63.7 Å². The maximum atomic E-state index is 13.2. The Morgan fingerprint density at radius 2 is 0.827 bits per heavy atom. The van der Waals surface area contributed by atoms with Crippen molar-refractivity contribution in [3.8, 4) is 11.1 Å². The Balaban J connectivity index is 1.15. The maximum absolute atomic E-state index is 13.2. The standard InChI is InChI=1S/C42H30Cl2N2O6/c43-35-23-29(13-17-37(35)45-39(47)31-15-11-27(21-33(31)41(49)50)19-25-7-3-1-4-8-25)30-14-18-38(36(44)24-30)46-40(48)32-16-12-28(22-34(32)42(51)52)20-26-9-5-2-6-10-26/h1-18,21-24H,19-20H2,(H,45,47)(H,46,48)(H,49,50)(H,51,52). The lowest BCUT2D eigenvalue weighted by Gasteiger charge is -2.13. The molecule has 0 aliphatic carbocycles. The number of anilines is 2. The molecule has 2 amide bonds. The van der Waals surface area contributed by atoms with Crippen LogP contribution >= 0.6 is 23.2 Å². The van der Waals surface area contributed by atoms with Gasteiger partial charge in [0, 0.05) is 0 Å². The van der Waals surface area contributed by atoms with Gasteiger partial charge in [0.05, 0.1) is 43.7 Å². The minimum Gasteiger partial charge on any atom is -0.478 e. The first-order chi connectivity index (χ1) is 25.0. The average molecular weight is 730 g/mol. The number of benzene rings is 6. The first-order valence-electron chi connectivity index (χ1n) is 16.1. The van der Waals surface area contributed by atoms with Gasteiger partial charge in [-0.05, 0) is 94.8 Å². The highest BCUT2D eigenvalue weighted by Gasteiger charge is 2.20. The number of carbonyl (C=O) groups excluding carboxylic acids is 2. The number of hydrogen-bond acceptors (Lipinski definition) is 4. The minimum atomic E-state index is -1.22. The Labute approximate surface area is 309 Å². The van der Waals surface area contributed by atoms with Gasteiger partial charge in [-0.3, -0.25) is 9.59 Å². The van der Waals surface area contributed by atoms with Crippen molar-refractivity contribution in [1.29, 1.82) is 0 Å². The average Bonchev–Trinajstić information content (AvgIpc) is 3.14. The summed E-state index contributed by atoms with van der Waals surface area (Å²) in [5.41, 5.74) is 5.13. The summed E-state index contributed by atoms with van der Waals surface area (Å²) in [6.45, 7) is 0. The summed E-state index contributed by atoms with van der Waals surface area (Å²) in [5.74, 6) is -3.70. The molecular formula is C42H30Cl2N2O6. The van der Waals surface area contributed by atoms with Crippen molar-refractivity contribution < 1.29 is 29.4 Å². The fraction of sp³-hybridized carbons (Fsp3) is 0.0476. The molecule has 0 aliphatic rings. The number of rotatable bonds is 11. The summed E-state index contributed by atoms with van der Waals surface area (Å²) in [6, 6.07) is 38.5. The molecule has 0 atom stereocenters. The van der Waals surface area contributed by atoms with Crippen LogP contribution in [0.25, 0.3) is 11.1 Å². The molecule has 0 aromatic heterocycles. The fourth-order valence-electron chi connectivity index (χ4n) is 5.79. The van der Waals surface area contributed by atoms with Crippen molar-refractivity contribution in [3.63, 3.8) is 0 Å². The largest absolute Gasteiger partial charge is 0.478 e. The summed E-state index contributed by atoms with van der Waals surface area (Å²) in [5, 5.41) is 25.5. The lowest BCUT2D eigenvalue weighted by Crippen LogP contribution is -2.17. The predicted octanol–water partition coefficient (Wildman–Crippen LogP) is 9.74. The highest BCUT2D eigenvalue weighted by Crippen LogP contribution is 2.33. The van der Waals surface area contributed by atoms with E-state index in [1.54, 1.807) is 48.5 Å². The van der Waals surface area contributed by atoms with E-state index < -0.39 is 23.8 Å². The van der Waals surface area contributed by atoms with Crippen molar-refractivity contribution in [2.45, 2.75) is 12.8 Å². The smallest absolute Gasteiger partial charge is 0.336 e. The summed E-state index contributed by atoms with van der Waals surface area (Å²) in [7, 11) is 0. The Bertz CT molecular complexity index is 2160. The molecule has 0 heterocycles. The van der Waals surface area contributed by atoms with Crippen LogP contribution in [-0.2, 0) is 12.8 Å². The van der Waals surface area contributed by atoms with Crippen molar-refractivity contribution in [2.24, 2.45) is 0 Å². The number of carboxylic acid groups (broad SMARTS) is 2. The van der Waals surface area contributed by atoms with Gasteiger partial charge < -0.3 is 20.8 Å². The lowest BCUT2D eigenvalue weighted by molar-refractivity contribution is 0.0683. The normalized spacial score (nSPS) is 10.7. The van der Waals surface area contributed by atoms with E-state index in [1.165, 1.54) is 24.3 Å². The van der Waals surface area contributed by atoms with E-state index in [9.17, 15) is 29.4 Å². The number of hydrogen-bond donors (Lipinski definition) is 4. The van der Waals surface area contributed by atoms with E-state index in [2.05, 4.69) is 10.6 Å². The first kappa shape index (κ1) is 35.6. The molecule has 0 saturated heterocycles. The van der Waals surface area contributed by atoms with Gasteiger partial charge in [-0.1, -0.05) is 108 Å². The Hall–Kier alpha value is -6.22. The zero-order chi connectivity index (χ0) is 36.8. The van der Waals surface area contributed by atoms with Crippen LogP contribution in [-0.4, -0.2) is 34.0 Å². The second-order valence-corrected chi connectivity index (χ2v) is 12.8. The van der Waals surface area contributed by atoms with Crippen LogP contribution in [0, 0.1) is 0 Å². The number of carbonyl (C=O) groups is 4. The molecule has 10 heteroatoms. The van der Waals surface area contributed by atoms with E-state index in [0.29, 0.717) is 24.0 Å². The summed E-state index contributed by atoms with van der Waals surface area (Å²) < 4.78 is 0. The molecule has 6 rings (SSSR count). The topological polar surface area (TPSA) is 133 Å². The van der Waals surface area contributed by atoms with Gasteiger partial charge in [0.15, 0.2) is 0 Å². The molecule has 6 aromatic rings. The molecule has 0 spiro atoms. The van der Waals surface area contributed by atoms with E-state index in [0.717, 1.165) is 22.3 Å². The van der Waals surface area contributed by atoms with Crippen LogP contribution in [0.4, 0.5) is 11.4 Å². The Kier molecular flexibility index (Phi) is 10.8. The summed E-state index contributed by atoms with van der Waals surface area (Å²) in [4.78, 5) is 50.6. The maximum Gasteiger partial charge on any atom is 0.336 e. The SMILES string of the molecule is O=C(O)c1cc(Cc2ccccc2)ccc1C(=O)Nc1ccc(-c2ccc(NC(=O)c3ccc(Cc4ccccc4)cc3C(=O)O)c(Cl)c2)cc1Cl. The predicted molar refractivity (Wildman–Crippen MR) is 203 cm³/mol. The number of aromatic carboxylic acids is 2. The quantitative estimate of drug-likeness (QED) is 0.105. The van der Waals surface area contributed by atoms with Gasteiger partial charge in [-0.25, -0.2) is 9.59 Å². The van der Waals surface area contributed by atoms with Crippen LogP contribution in [0.15, 0.2) is 133 Å². The third-order valence-electron chi connectivity index (χ3n) is 8.39. The lowest BCUT2D eigenvalue weighted by atomic mass is 9.98. The Morgan fingerprint density at radius 1 is 0.442 bits per heavy atom. The number of halogens is 2. The van der Waals surface area contributed by atoms with Crippen LogP contribution in [0.2, 0.25) is 10.0 Å². The molecule has 0 saturated carbocycles. The van der Waals surface area contributed by atoms with Crippen molar-refractivity contribution in [3.05, 3.63) is 188 Å².